The van der Waals surface area contributed by atoms with E-state index in [0.717, 1.165) is 30.1 Å². The number of hydrogen-bond donors (Lipinski definition) is 0. The summed E-state index contributed by atoms with van der Waals surface area (Å²) >= 11 is 0. The van der Waals surface area contributed by atoms with Crippen LogP contribution in [0.15, 0.2) is 30.3 Å². The Labute approximate surface area is 151 Å². The molecule has 0 amide bonds. The van der Waals surface area contributed by atoms with Gasteiger partial charge >= 0.3 is 0 Å². The number of halogens is 1. The molecule has 7 heteroatoms. The van der Waals surface area contributed by atoms with Gasteiger partial charge in [-0.25, -0.2) is 14.1 Å². The second-order valence-corrected chi connectivity index (χ2v) is 6.55. The molecule has 0 radical (unpaired) electrons. The molecule has 1 saturated carbocycles. The Bertz CT molecular complexity index is 913. The normalized spacial score (nSPS) is 14.1. The van der Waals surface area contributed by atoms with Gasteiger partial charge in [0, 0.05) is 12.5 Å². The van der Waals surface area contributed by atoms with Crippen LogP contribution in [0.25, 0.3) is 17.2 Å². The molecule has 0 aliphatic heterocycles. The lowest BCUT2D eigenvalue weighted by Crippen LogP contribution is -2.11. The summed E-state index contributed by atoms with van der Waals surface area (Å²) in [5.74, 6) is 1.62. The van der Waals surface area contributed by atoms with Crippen molar-refractivity contribution >= 4 is 0 Å². The van der Waals surface area contributed by atoms with Gasteiger partial charge in [0.1, 0.15) is 11.5 Å². The largest absolute Gasteiger partial charge is 0.380 e. The number of hydrogen-bond acceptors (Lipinski definition) is 4. The second kappa shape index (κ2) is 6.99. The van der Waals surface area contributed by atoms with Crippen molar-refractivity contribution in [3.05, 3.63) is 47.7 Å². The standard InChI is InChI=1S/C19H22FN5O/c1-3-26-10-9-24-17(11-13(2)22-24)19-21-18(14-7-8-14)23-25(19)16-6-4-5-15(20)12-16/h4-6,11-12,14H,3,7-10H2,1-2H3. The lowest BCUT2D eigenvalue weighted by Gasteiger charge is -2.09. The molecule has 26 heavy (non-hydrogen) atoms. The number of ether oxygens (including phenoxy) is 1. The van der Waals surface area contributed by atoms with E-state index in [1.165, 1.54) is 12.1 Å². The summed E-state index contributed by atoms with van der Waals surface area (Å²) in [7, 11) is 0. The predicted molar refractivity (Wildman–Crippen MR) is 95.7 cm³/mol. The van der Waals surface area contributed by atoms with Crippen LogP contribution in [0, 0.1) is 12.7 Å². The molecule has 0 N–H and O–H groups in total. The Morgan fingerprint density at radius 1 is 1.23 bits per heavy atom. The third-order valence-corrected chi connectivity index (χ3v) is 4.40. The fraction of sp³-hybridized carbons (Fsp3) is 0.421. The molecule has 1 aliphatic carbocycles. The molecule has 0 atom stereocenters. The molecular weight excluding hydrogens is 333 g/mol. The molecule has 6 nitrogen and oxygen atoms in total. The molecule has 3 aromatic rings. The van der Waals surface area contributed by atoms with Gasteiger partial charge < -0.3 is 4.74 Å². The van der Waals surface area contributed by atoms with E-state index < -0.39 is 0 Å². The number of aromatic nitrogens is 5. The van der Waals surface area contributed by atoms with Crippen LogP contribution in [0.3, 0.4) is 0 Å². The first kappa shape index (κ1) is 16.9. The highest BCUT2D eigenvalue weighted by atomic mass is 19.1. The van der Waals surface area contributed by atoms with Crippen LogP contribution >= 0.6 is 0 Å². The maximum Gasteiger partial charge on any atom is 0.181 e. The average Bonchev–Trinajstić information content (AvgIpc) is 3.27. The average molecular weight is 355 g/mol. The minimum atomic E-state index is -0.294. The molecule has 0 spiro atoms. The summed E-state index contributed by atoms with van der Waals surface area (Å²) in [6.07, 6.45) is 2.21. The van der Waals surface area contributed by atoms with Gasteiger partial charge in [0.05, 0.1) is 24.5 Å². The zero-order valence-corrected chi connectivity index (χ0v) is 15.0. The fourth-order valence-electron chi connectivity index (χ4n) is 2.99. The van der Waals surface area contributed by atoms with E-state index in [1.54, 1.807) is 10.7 Å². The summed E-state index contributed by atoms with van der Waals surface area (Å²) in [5.41, 5.74) is 2.43. The van der Waals surface area contributed by atoms with Crippen molar-refractivity contribution in [3.8, 4) is 17.2 Å². The smallest absolute Gasteiger partial charge is 0.181 e. The molecule has 2 heterocycles. The van der Waals surface area contributed by atoms with E-state index in [1.807, 2.05) is 30.7 Å². The zero-order valence-electron chi connectivity index (χ0n) is 15.0. The fourth-order valence-corrected chi connectivity index (χ4v) is 2.99. The first-order valence-corrected chi connectivity index (χ1v) is 9.01. The molecule has 136 valence electrons. The van der Waals surface area contributed by atoms with Crippen LogP contribution in [-0.2, 0) is 11.3 Å². The quantitative estimate of drug-likeness (QED) is 0.609. The van der Waals surface area contributed by atoms with Gasteiger partial charge in [-0.05, 0) is 51.0 Å². The molecule has 0 saturated heterocycles. The number of benzene rings is 1. The van der Waals surface area contributed by atoms with Crippen LogP contribution in [0.4, 0.5) is 4.39 Å². The van der Waals surface area contributed by atoms with Crippen LogP contribution in [0.1, 0.15) is 37.2 Å². The van der Waals surface area contributed by atoms with E-state index >= 15 is 0 Å². The Morgan fingerprint density at radius 2 is 2.08 bits per heavy atom. The van der Waals surface area contributed by atoms with Crippen LogP contribution in [0.5, 0.6) is 0 Å². The summed E-state index contributed by atoms with van der Waals surface area (Å²) in [6, 6.07) is 8.42. The number of rotatable bonds is 7. The third-order valence-electron chi connectivity index (χ3n) is 4.40. The first-order valence-electron chi connectivity index (χ1n) is 9.01. The molecule has 0 bridgehead atoms. The summed E-state index contributed by atoms with van der Waals surface area (Å²) in [5, 5.41) is 9.24. The van der Waals surface area contributed by atoms with Gasteiger partial charge in [-0.3, -0.25) is 4.68 Å². The van der Waals surface area contributed by atoms with Crippen molar-refractivity contribution in [3.63, 3.8) is 0 Å². The molecule has 0 unspecified atom stereocenters. The Hall–Kier alpha value is -2.54. The second-order valence-electron chi connectivity index (χ2n) is 6.55. The summed E-state index contributed by atoms with van der Waals surface area (Å²) in [6.45, 7) is 5.80. The highest BCUT2D eigenvalue weighted by Gasteiger charge is 2.30. The highest BCUT2D eigenvalue weighted by Crippen LogP contribution is 2.39. The Morgan fingerprint density at radius 3 is 2.81 bits per heavy atom. The summed E-state index contributed by atoms with van der Waals surface area (Å²) < 4.78 is 22.8. The Kier molecular flexibility index (Phi) is 4.55. The van der Waals surface area contributed by atoms with Crippen molar-refractivity contribution in [2.24, 2.45) is 0 Å². The van der Waals surface area contributed by atoms with Gasteiger partial charge in [-0.15, -0.1) is 0 Å². The van der Waals surface area contributed by atoms with Gasteiger partial charge in [0.25, 0.3) is 0 Å². The van der Waals surface area contributed by atoms with Crippen molar-refractivity contribution in [2.75, 3.05) is 13.2 Å². The van der Waals surface area contributed by atoms with Crippen LogP contribution in [0.2, 0.25) is 0 Å². The molecule has 1 aromatic carbocycles. The minimum absolute atomic E-state index is 0.294. The molecule has 1 fully saturated rings. The monoisotopic (exact) mass is 355 g/mol. The highest BCUT2D eigenvalue weighted by molar-refractivity contribution is 5.55. The maximum atomic E-state index is 13.8. The van der Waals surface area contributed by atoms with Gasteiger partial charge in [-0.1, -0.05) is 6.07 Å². The zero-order chi connectivity index (χ0) is 18.1. The number of nitrogens with zero attached hydrogens (tertiary/aromatic N) is 5. The molecule has 1 aliphatic rings. The maximum absolute atomic E-state index is 13.8. The predicted octanol–water partition coefficient (Wildman–Crippen LogP) is 3.49. The topological polar surface area (TPSA) is 57.8 Å². The van der Waals surface area contributed by atoms with Gasteiger partial charge in [0.2, 0.25) is 0 Å². The van der Waals surface area contributed by atoms with Crippen molar-refractivity contribution in [2.45, 2.75) is 39.2 Å². The van der Waals surface area contributed by atoms with Crippen molar-refractivity contribution in [1.29, 1.82) is 0 Å². The van der Waals surface area contributed by atoms with Crippen molar-refractivity contribution in [1.82, 2.24) is 24.5 Å². The molecule has 4 rings (SSSR count). The minimum Gasteiger partial charge on any atom is -0.380 e. The van der Waals surface area contributed by atoms with Crippen LogP contribution in [-0.4, -0.2) is 37.8 Å². The summed E-state index contributed by atoms with van der Waals surface area (Å²) in [4.78, 5) is 4.78. The van der Waals surface area contributed by atoms with Crippen molar-refractivity contribution < 1.29 is 9.13 Å². The van der Waals surface area contributed by atoms with E-state index in [2.05, 4.69) is 10.2 Å². The Balaban J connectivity index is 1.78. The van der Waals surface area contributed by atoms with Gasteiger partial charge in [0.15, 0.2) is 11.6 Å². The molecular formula is C19H22FN5O. The lowest BCUT2D eigenvalue weighted by atomic mass is 10.3. The third kappa shape index (κ3) is 3.39. The van der Waals surface area contributed by atoms with Gasteiger partial charge in [-0.2, -0.15) is 10.2 Å². The SMILES string of the molecule is CCOCCn1nc(C)cc1-c1nc(C2CC2)nn1-c1cccc(F)c1. The van der Waals surface area contributed by atoms with E-state index in [4.69, 9.17) is 9.72 Å². The molecule has 2 aromatic heterocycles. The van der Waals surface area contributed by atoms with E-state index in [0.29, 0.717) is 37.2 Å². The van der Waals surface area contributed by atoms with Crippen LogP contribution < -0.4 is 0 Å². The number of aryl methyl sites for hydroxylation is 1. The van der Waals surface area contributed by atoms with E-state index in [-0.39, 0.29) is 5.82 Å². The first-order chi connectivity index (χ1) is 12.7. The lowest BCUT2D eigenvalue weighted by molar-refractivity contribution is 0.136. The van der Waals surface area contributed by atoms with E-state index in [9.17, 15) is 4.39 Å².